The standard InChI is InChI=1S/C28H39BN11O15P3/c1-37-13-40(23-19(37)25(44)36-28(31)34-23)17-9-38(7-14-5-3-2-4-6-14)8-15(52-17)10-50-57(46,47)54-56(29,45)55-58(48,49)51-11-16-20(41)21(42)26(53-16)39-12-32-18-22(39)33-27(30)35-24(18)43/h2-6,12,15-17,20-21,26,41-42H,7-11,13,29H2,1H3,(H,46,47)(H,48,49)(H3,30,33,35,43)(H3,31,34,36,44)/t15-,16+,17+,20+,21+,26+,56?/m0/s1. The molecule has 0 aliphatic carbocycles. The Morgan fingerprint density at radius 1 is 0.931 bits per heavy atom. The molecule has 7 rings (SSSR count). The van der Waals surface area contributed by atoms with Crippen molar-refractivity contribution in [2.24, 2.45) is 0 Å². The molecule has 3 unspecified atom stereocenters. The number of morpholine rings is 1. The van der Waals surface area contributed by atoms with Gasteiger partial charge in [0.1, 0.15) is 30.2 Å². The van der Waals surface area contributed by atoms with Gasteiger partial charge in [0.05, 0.1) is 32.3 Å². The highest BCUT2D eigenvalue weighted by Crippen LogP contribution is 2.67. The molecule has 10 N–H and O–H groups in total. The van der Waals surface area contributed by atoms with Crippen LogP contribution in [0.5, 0.6) is 0 Å². The number of nitrogens with one attached hydrogen (secondary N) is 2. The van der Waals surface area contributed by atoms with Gasteiger partial charge >= 0.3 is 15.6 Å². The lowest BCUT2D eigenvalue weighted by Gasteiger charge is -2.42. The Hall–Kier alpha value is -4.04. The first-order valence-electron chi connectivity index (χ1n) is 17.3. The third-order valence-electron chi connectivity index (χ3n) is 9.13. The molecule has 6 heterocycles. The summed E-state index contributed by atoms with van der Waals surface area (Å²) >= 11 is 0. The van der Waals surface area contributed by atoms with Crippen molar-refractivity contribution < 1.29 is 60.8 Å². The third kappa shape index (κ3) is 9.22. The van der Waals surface area contributed by atoms with Crippen molar-refractivity contribution in [3.8, 4) is 0 Å². The van der Waals surface area contributed by atoms with Gasteiger partial charge < -0.3 is 50.7 Å². The second-order valence-corrected chi connectivity index (χ2v) is 18.8. The highest BCUT2D eigenvalue weighted by molar-refractivity contribution is 7.86. The number of nitrogens with two attached hydrogens (primary N) is 2. The maximum absolute atomic E-state index is 13.1. The van der Waals surface area contributed by atoms with Gasteiger partial charge in [-0.15, -0.1) is 0 Å². The molecule has 58 heavy (non-hydrogen) atoms. The molecule has 1 aromatic carbocycles. The Kier molecular flexibility index (Phi) is 11.8. The number of nitrogens with zero attached hydrogens (tertiary/aromatic N) is 7. The van der Waals surface area contributed by atoms with Crippen molar-refractivity contribution in [3.63, 3.8) is 0 Å². The van der Waals surface area contributed by atoms with E-state index in [-0.39, 0.29) is 47.8 Å². The van der Waals surface area contributed by atoms with E-state index >= 15 is 0 Å². The van der Waals surface area contributed by atoms with Gasteiger partial charge in [-0.1, -0.05) is 30.3 Å². The summed E-state index contributed by atoms with van der Waals surface area (Å²) in [5, 5.41) is 21.2. The molecule has 9 atom stereocenters. The van der Waals surface area contributed by atoms with Gasteiger partial charge in [-0.2, -0.15) is 9.97 Å². The maximum atomic E-state index is 13.1. The minimum Gasteiger partial charge on any atom is -0.387 e. The molecule has 2 fully saturated rings. The number of anilines is 4. The van der Waals surface area contributed by atoms with Crippen molar-refractivity contribution in [1.82, 2.24) is 34.4 Å². The zero-order valence-electron chi connectivity index (χ0n) is 30.6. The molecule has 0 saturated carbocycles. The van der Waals surface area contributed by atoms with E-state index in [2.05, 4.69) is 29.2 Å². The number of imidazole rings is 1. The van der Waals surface area contributed by atoms with Crippen molar-refractivity contribution in [3.05, 3.63) is 62.9 Å². The Morgan fingerprint density at radius 3 is 2.29 bits per heavy atom. The summed E-state index contributed by atoms with van der Waals surface area (Å²) in [6.45, 7) is -0.429. The van der Waals surface area contributed by atoms with Crippen LogP contribution >= 0.6 is 23.1 Å². The quantitative estimate of drug-likeness (QED) is 0.0508. The van der Waals surface area contributed by atoms with Crippen molar-refractivity contribution in [2.75, 3.05) is 61.3 Å². The second kappa shape index (κ2) is 16.2. The van der Waals surface area contributed by atoms with Crippen LogP contribution in [0.1, 0.15) is 11.8 Å². The van der Waals surface area contributed by atoms with Crippen molar-refractivity contribution in [1.29, 1.82) is 0 Å². The zero-order valence-corrected chi connectivity index (χ0v) is 33.3. The first-order valence-corrected chi connectivity index (χ1v) is 22.2. The molecule has 0 bridgehead atoms. The van der Waals surface area contributed by atoms with E-state index in [0.29, 0.717) is 20.7 Å². The maximum Gasteiger partial charge on any atom is 0.478 e. The first kappa shape index (κ1) is 42.1. The minimum atomic E-state index is -5.40. The first-order chi connectivity index (χ1) is 27.3. The number of nitrogen functional groups attached to an aromatic ring is 2. The number of aromatic nitrogens is 6. The highest BCUT2D eigenvalue weighted by atomic mass is 31.3. The molecular formula is C28H39BN11O15P3. The molecule has 0 amide bonds. The SMILES string of the molecule is BP(=O)(OP(=O)(O)OC[C@@H]1CN(Cc2ccccc2)C[C@H](N2CN(C)c3c2nc(N)[nH]c3=O)O1)OP(=O)(O)OC[C@H]1O[C@@H](n2cnc3c(=O)[nH]c(N)nc32)[C@H](O)[C@@H]1O. The van der Waals surface area contributed by atoms with Crippen LogP contribution in [-0.2, 0) is 47.4 Å². The van der Waals surface area contributed by atoms with E-state index in [1.807, 2.05) is 35.2 Å². The van der Waals surface area contributed by atoms with E-state index in [0.717, 1.165) is 16.5 Å². The Bertz CT molecular complexity index is 2430. The number of rotatable bonds is 14. The van der Waals surface area contributed by atoms with Crippen LogP contribution in [0, 0.1) is 0 Å². The number of phosphoric acid groups is 2. The predicted molar refractivity (Wildman–Crippen MR) is 204 cm³/mol. The Labute approximate surface area is 327 Å². The highest BCUT2D eigenvalue weighted by Gasteiger charge is 2.47. The molecule has 314 valence electrons. The average molecular weight is 873 g/mol. The van der Waals surface area contributed by atoms with E-state index in [9.17, 15) is 43.3 Å². The number of aliphatic hydroxyl groups excluding tert-OH is 2. The summed E-state index contributed by atoms with van der Waals surface area (Å²) in [6.07, 6.45) is -6.94. The summed E-state index contributed by atoms with van der Waals surface area (Å²) in [4.78, 5) is 68.0. The van der Waals surface area contributed by atoms with Crippen LogP contribution in [0.4, 0.5) is 23.4 Å². The largest absolute Gasteiger partial charge is 0.478 e. The smallest absolute Gasteiger partial charge is 0.387 e. The predicted octanol–water partition coefficient (Wildman–Crippen LogP) is -1.86. The number of ether oxygens (including phenoxy) is 2. The number of hydrogen-bond acceptors (Lipinski definition) is 21. The van der Waals surface area contributed by atoms with Gasteiger partial charge in [-0.3, -0.25) is 42.6 Å². The monoisotopic (exact) mass is 873 g/mol. The fraction of sp³-hybridized carbons (Fsp3) is 0.464. The molecule has 3 aliphatic heterocycles. The van der Waals surface area contributed by atoms with E-state index in [1.54, 1.807) is 16.8 Å². The number of aromatic amines is 2. The Balaban J connectivity index is 0.970. The summed E-state index contributed by atoms with van der Waals surface area (Å²) in [7, 11) is -13.3. The fourth-order valence-electron chi connectivity index (χ4n) is 6.74. The van der Waals surface area contributed by atoms with E-state index in [1.165, 1.54) is 0 Å². The molecule has 3 aromatic heterocycles. The second-order valence-electron chi connectivity index (χ2n) is 13.6. The number of benzene rings is 1. The van der Waals surface area contributed by atoms with Gasteiger partial charge in [0.15, 0.2) is 23.2 Å². The topological polar surface area (TPSA) is 359 Å². The van der Waals surface area contributed by atoms with Gasteiger partial charge in [0.2, 0.25) is 11.9 Å². The van der Waals surface area contributed by atoms with Crippen LogP contribution in [-0.4, -0.2) is 133 Å². The summed E-state index contributed by atoms with van der Waals surface area (Å²) in [5.74, 6) is -0.108. The van der Waals surface area contributed by atoms with Crippen LogP contribution in [0.3, 0.4) is 0 Å². The minimum absolute atomic E-state index is 0.0970. The lowest BCUT2D eigenvalue weighted by Crippen LogP contribution is -2.55. The van der Waals surface area contributed by atoms with Gasteiger partial charge in [0.25, 0.3) is 26.2 Å². The molecule has 4 aromatic rings. The number of aliphatic hydroxyl groups is 2. The Morgan fingerprint density at radius 2 is 1.59 bits per heavy atom. The van der Waals surface area contributed by atoms with Gasteiger partial charge in [0, 0.05) is 26.7 Å². The van der Waals surface area contributed by atoms with E-state index < -0.39 is 84.3 Å². The lowest BCUT2D eigenvalue weighted by molar-refractivity contribution is -0.103. The molecule has 3 aliphatic rings. The van der Waals surface area contributed by atoms with Crippen LogP contribution in [0.2, 0.25) is 0 Å². The van der Waals surface area contributed by atoms with Crippen LogP contribution in [0.25, 0.3) is 11.2 Å². The lowest BCUT2D eigenvalue weighted by atomic mass is 10.1. The number of phosphoric ester groups is 2. The van der Waals surface area contributed by atoms with Gasteiger partial charge in [-0.05, 0) is 5.56 Å². The van der Waals surface area contributed by atoms with E-state index in [4.69, 9.17) is 34.3 Å². The zero-order chi connectivity index (χ0) is 41.7. The van der Waals surface area contributed by atoms with Crippen molar-refractivity contribution >= 4 is 65.3 Å². The molecule has 0 spiro atoms. The summed E-state index contributed by atoms with van der Waals surface area (Å²) in [5.41, 5.74) is 11.3. The molecule has 2 saturated heterocycles. The number of fused-ring (bicyclic) bond motifs is 2. The molecular weight excluding hydrogens is 834 g/mol. The third-order valence-corrected chi connectivity index (χ3v) is 14.1. The molecule has 30 heteroatoms. The fourth-order valence-corrected chi connectivity index (χ4v) is 11.2. The molecule has 0 radical (unpaired) electrons. The number of hydrogen-bond donors (Lipinski definition) is 8. The van der Waals surface area contributed by atoms with Crippen molar-refractivity contribution in [2.45, 2.75) is 43.4 Å². The van der Waals surface area contributed by atoms with Crippen LogP contribution < -0.4 is 32.4 Å². The normalized spacial score (nSPS) is 27.0. The summed E-state index contributed by atoms with van der Waals surface area (Å²) in [6, 6.07) is 9.44. The average Bonchev–Trinajstić information content (AvgIpc) is 3.78. The van der Waals surface area contributed by atoms with Gasteiger partial charge in [-0.25, -0.2) is 22.7 Å². The number of H-pyrrole nitrogens is 2. The van der Waals surface area contributed by atoms with Crippen LogP contribution in [0.15, 0.2) is 46.2 Å². The summed E-state index contributed by atoms with van der Waals surface area (Å²) < 4.78 is 71.3. The molecule has 26 nitrogen and oxygen atoms in total.